The lowest BCUT2D eigenvalue weighted by Gasteiger charge is -2.22. The Morgan fingerprint density at radius 1 is 1.23 bits per heavy atom. The number of hydrogen-bond acceptors (Lipinski definition) is 8. The molecule has 26 heavy (non-hydrogen) atoms. The standard InChI is InChI=1S/C16H21N3O6S/c1-4-16(5-2)14(22)19(15(23)18-16)7-11(20)25-8-10-9-26-12(17-10)13(21)24-6-3/h9H,4-8H2,1-3H3,(H,18,23). The quantitative estimate of drug-likeness (QED) is 0.534. The molecule has 1 aromatic rings. The molecule has 0 aliphatic carbocycles. The first-order valence-corrected chi connectivity index (χ1v) is 9.16. The van der Waals surface area contributed by atoms with Gasteiger partial charge in [0.25, 0.3) is 5.91 Å². The molecule has 142 valence electrons. The molecule has 3 amide bonds. The van der Waals surface area contributed by atoms with E-state index in [-0.39, 0.29) is 18.2 Å². The zero-order valence-electron chi connectivity index (χ0n) is 14.9. The normalized spacial score (nSPS) is 15.7. The number of thiazole rings is 1. The van der Waals surface area contributed by atoms with Crippen molar-refractivity contribution in [3.63, 3.8) is 0 Å². The summed E-state index contributed by atoms with van der Waals surface area (Å²) < 4.78 is 9.89. The minimum absolute atomic E-state index is 0.162. The van der Waals surface area contributed by atoms with Crippen molar-refractivity contribution in [2.24, 2.45) is 0 Å². The van der Waals surface area contributed by atoms with E-state index in [1.165, 1.54) is 0 Å². The van der Waals surface area contributed by atoms with Crippen molar-refractivity contribution in [2.45, 2.75) is 45.8 Å². The van der Waals surface area contributed by atoms with E-state index in [1.54, 1.807) is 26.2 Å². The number of aromatic nitrogens is 1. The second-order valence-corrected chi connectivity index (χ2v) is 6.49. The molecule has 0 spiro atoms. The number of ether oxygens (including phenoxy) is 2. The molecule has 2 rings (SSSR count). The predicted octanol–water partition coefficient (Wildman–Crippen LogP) is 1.47. The molecule has 0 radical (unpaired) electrons. The zero-order chi connectivity index (χ0) is 19.3. The summed E-state index contributed by atoms with van der Waals surface area (Å²) in [7, 11) is 0. The van der Waals surface area contributed by atoms with Gasteiger partial charge in [0.2, 0.25) is 5.01 Å². The summed E-state index contributed by atoms with van der Waals surface area (Å²) in [5.74, 6) is -1.70. The Kier molecular flexibility index (Phi) is 6.30. The van der Waals surface area contributed by atoms with Gasteiger partial charge in [-0.1, -0.05) is 13.8 Å². The third-order valence-electron chi connectivity index (χ3n) is 4.12. The Hall–Kier alpha value is -2.49. The van der Waals surface area contributed by atoms with Crippen molar-refractivity contribution < 1.29 is 28.7 Å². The number of esters is 2. The van der Waals surface area contributed by atoms with Gasteiger partial charge in [-0.3, -0.25) is 14.5 Å². The lowest BCUT2D eigenvalue weighted by Crippen LogP contribution is -2.46. The number of carbonyl (C=O) groups is 4. The summed E-state index contributed by atoms with van der Waals surface area (Å²) in [5, 5.41) is 4.39. The van der Waals surface area contributed by atoms with E-state index in [9.17, 15) is 19.2 Å². The van der Waals surface area contributed by atoms with Gasteiger partial charge in [0.05, 0.1) is 12.3 Å². The van der Waals surface area contributed by atoms with Crippen LogP contribution in [0.2, 0.25) is 0 Å². The number of amides is 3. The maximum atomic E-state index is 12.4. The predicted molar refractivity (Wildman–Crippen MR) is 91.4 cm³/mol. The van der Waals surface area contributed by atoms with Crippen LogP contribution in [0.3, 0.4) is 0 Å². The van der Waals surface area contributed by atoms with Gasteiger partial charge in [0.15, 0.2) is 0 Å². The van der Waals surface area contributed by atoms with Crippen LogP contribution in [0, 0.1) is 0 Å². The van der Waals surface area contributed by atoms with E-state index in [4.69, 9.17) is 9.47 Å². The van der Waals surface area contributed by atoms with Crippen LogP contribution in [0.5, 0.6) is 0 Å². The third-order valence-corrected chi connectivity index (χ3v) is 4.99. The highest BCUT2D eigenvalue weighted by Gasteiger charge is 2.49. The topological polar surface area (TPSA) is 115 Å². The molecule has 0 atom stereocenters. The number of imide groups is 1. The van der Waals surface area contributed by atoms with Gasteiger partial charge in [-0.25, -0.2) is 14.6 Å². The van der Waals surface area contributed by atoms with E-state index in [0.29, 0.717) is 18.5 Å². The van der Waals surface area contributed by atoms with Gasteiger partial charge in [0.1, 0.15) is 18.7 Å². The van der Waals surface area contributed by atoms with Gasteiger partial charge in [-0.05, 0) is 19.8 Å². The average Bonchev–Trinajstić information content (AvgIpc) is 3.19. The van der Waals surface area contributed by atoms with Crippen molar-refractivity contribution in [3.8, 4) is 0 Å². The van der Waals surface area contributed by atoms with Gasteiger partial charge >= 0.3 is 18.0 Å². The average molecular weight is 383 g/mol. The van der Waals surface area contributed by atoms with Gasteiger partial charge in [-0.15, -0.1) is 11.3 Å². The third kappa shape index (κ3) is 4.01. The molecule has 0 unspecified atom stereocenters. The second kappa shape index (κ2) is 8.26. The summed E-state index contributed by atoms with van der Waals surface area (Å²) in [6, 6.07) is -0.603. The van der Waals surface area contributed by atoms with Crippen LogP contribution in [0.15, 0.2) is 5.38 Å². The summed E-state index contributed by atoms with van der Waals surface area (Å²) in [6.07, 6.45) is 0.879. The molecule has 2 heterocycles. The van der Waals surface area contributed by atoms with E-state index in [2.05, 4.69) is 10.3 Å². The molecular weight excluding hydrogens is 362 g/mol. The number of nitrogens with one attached hydrogen (secondary N) is 1. The molecule has 1 aliphatic rings. The first-order valence-electron chi connectivity index (χ1n) is 8.28. The molecule has 1 fully saturated rings. The first kappa shape index (κ1) is 19.8. The zero-order valence-corrected chi connectivity index (χ0v) is 15.7. The maximum absolute atomic E-state index is 12.4. The highest BCUT2D eigenvalue weighted by Crippen LogP contribution is 2.24. The van der Waals surface area contributed by atoms with Crippen molar-refractivity contribution in [2.75, 3.05) is 13.2 Å². The Balaban J connectivity index is 1.90. The van der Waals surface area contributed by atoms with Crippen LogP contribution >= 0.6 is 11.3 Å². The molecule has 1 aromatic heterocycles. The molecule has 10 heteroatoms. The molecule has 1 saturated heterocycles. The van der Waals surface area contributed by atoms with E-state index in [1.807, 2.05) is 0 Å². The van der Waals surface area contributed by atoms with E-state index in [0.717, 1.165) is 16.2 Å². The minimum Gasteiger partial charge on any atom is -0.461 e. The molecule has 0 saturated carbocycles. The fraction of sp³-hybridized carbons (Fsp3) is 0.562. The van der Waals surface area contributed by atoms with Gasteiger partial charge in [0, 0.05) is 5.38 Å². The highest BCUT2D eigenvalue weighted by molar-refractivity contribution is 7.11. The van der Waals surface area contributed by atoms with E-state index < -0.39 is 36.0 Å². The summed E-state index contributed by atoms with van der Waals surface area (Å²) in [4.78, 5) is 52.8. The lowest BCUT2D eigenvalue weighted by molar-refractivity contribution is -0.149. The van der Waals surface area contributed by atoms with Crippen molar-refractivity contribution in [1.29, 1.82) is 0 Å². The summed E-state index contributed by atoms with van der Waals surface area (Å²) in [5.41, 5.74) is -0.569. The number of nitrogens with zero attached hydrogens (tertiary/aromatic N) is 2. The number of carbonyl (C=O) groups excluding carboxylic acids is 4. The van der Waals surface area contributed by atoms with Crippen LogP contribution in [0.25, 0.3) is 0 Å². The van der Waals surface area contributed by atoms with Crippen LogP contribution in [-0.4, -0.2) is 52.5 Å². The van der Waals surface area contributed by atoms with Crippen LogP contribution in [0.4, 0.5) is 4.79 Å². The minimum atomic E-state index is -0.958. The van der Waals surface area contributed by atoms with Crippen molar-refractivity contribution in [1.82, 2.24) is 15.2 Å². The molecule has 0 aromatic carbocycles. The first-order chi connectivity index (χ1) is 12.4. The summed E-state index contributed by atoms with van der Waals surface area (Å²) in [6.45, 7) is 4.90. The fourth-order valence-electron chi connectivity index (χ4n) is 2.54. The Bertz CT molecular complexity index is 713. The molecular formula is C16H21N3O6S. The van der Waals surface area contributed by atoms with Crippen molar-refractivity contribution in [3.05, 3.63) is 16.1 Å². The summed E-state index contributed by atoms with van der Waals surface area (Å²) >= 11 is 1.08. The monoisotopic (exact) mass is 383 g/mol. The Labute approximate surface area is 154 Å². The number of rotatable bonds is 8. The maximum Gasteiger partial charge on any atom is 0.367 e. The van der Waals surface area contributed by atoms with Gasteiger partial charge < -0.3 is 14.8 Å². The molecule has 1 aliphatic heterocycles. The molecule has 0 bridgehead atoms. The lowest BCUT2D eigenvalue weighted by atomic mass is 9.93. The highest BCUT2D eigenvalue weighted by atomic mass is 32.1. The smallest absolute Gasteiger partial charge is 0.367 e. The fourth-order valence-corrected chi connectivity index (χ4v) is 3.23. The number of hydrogen-bond donors (Lipinski definition) is 1. The second-order valence-electron chi connectivity index (χ2n) is 5.64. The van der Waals surface area contributed by atoms with Gasteiger partial charge in [-0.2, -0.15) is 0 Å². The van der Waals surface area contributed by atoms with Crippen molar-refractivity contribution >= 4 is 35.2 Å². The van der Waals surface area contributed by atoms with Crippen LogP contribution in [-0.2, 0) is 25.7 Å². The molecule has 9 nitrogen and oxygen atoms in total. The largest absolute Gasteiger partial charge is 0.461 e. The van der Waals surface area contributed by atoms with Crippen LogP contribution in [0.1, 0.15) is 49.1 Å². The Morgan fingerprint density at radius 3 is 2.50 bits per heavy atom. The van der Waals surface area contributed by atoms with E-state index >= 15 is 0 Å². The van der Waals surface area contributed by atoms with Crippen LogP contribution < -0.4 is 5.32 Å². The number of urea groups is 1. The molecule has 1 N–H and O–H groups in total. The Morgan fingerprint density at radius 2 is 1.92 bits per heavy atom. The SMILES string of the molecule is CCOC(=O)c1nc(COC(=O)CN2C(=O)NC(CC)(CC)C2=O)cs1.